The van der Waals surface area contributed by atoms with Crippen LogP contribution in [-0.2, 0) is 29.2 Å². The Morgan fingerprint density at radius 3 is 2.31 bits per heavy atom. The molecule has 5 atom stereocenters. The number of hydrogen-bond acceptors (Lipinski definition) is 7. The summed E-state index contributed by atoms with van der Waals surface area (Å²) in [5.41, 5.74) is -2.06. The van der Waals surface area contributed by atoms with Crippen LogP contribution in [0.5, 0.6) is 0 Å². The van der Waals surface area contributed by atoms with Crippen molar-refractivity contribution in [3.05, 3.63) is 12.7 Å². The third kappa shape index (κ3) is 6.32. The SMILES string of the molecule is C=CC1C[C@]1(NC(=O)[C@@H]1C[C@@H](O)CN1C(=O)[C@@H](CC(=O)N1CCCCC1)C(C)(C)C)C(=O)NS(=O)(=O)C1CC1. The first-order valence-corrected chi connectivity index (χ1v) is 15.5. The van der Waals surface area contributed by atoms with Crippen LogP contribution >= 0.6 is 0 Å². The van der Waals surface area contributed by atoms with E-state index in [9.17, 15) is 32.7 Å². The molecule has 0 aromatic heterocycles. The monoisotopic (exact) mass is 566 g/mol. The maximum Gasteiger partial charge on any atom is 0.259 e. The summed E-state index contributed by atoms with van der Waals surface area (Å²) in [5, 5.41) is 12.6. The van der Waals surface area contributed by atoms with Crippen LogP contribution in [0.2, 0.25) is 0 Å². The van der Waals surface area contributed by atoms with Crippen LogP contribution in [0.3, 0.4) is 0 Å². The zero-order chi connectivity index (χ0) is 28.8. The zero-order valence-corrected chi connectivity index (χ0v) is 24.0. The average molecular weight is 567 g/mol. The quantitative estimate of drug-likeness (QED) is 0.347. The average Bonchev–Trinajstić information content (AvgIpc) is 3.79. The summed E-state index contributed by atoms with van der Waals surface area (Å²) < 4.78 is 26.9. The van der Waals surface area contributed by atoms with E-state index >= 15 is 0 Å². The number of sulfonamides is 1. The van der Waals surface area contributed by atoms with E-state index in [1.807, 2.05) is 20.8 Å². The van der Waals surface area contributed by atoms with Crippen LogP contribution in [0.25, 0.3) is 0 Å². The van der Waals surface area contributed by atoms with Crippen molar-refractivity contribution in [1.82, 2.24) is 19.8 Å². The van der Waals surface area contributed by atoms with E-state index < -0.39 is 67.9 Å². The molecule has 39 heavy (non-hydrogen) atoms. The molecule has 2 saturated carbocycles. The molecule has 2 aliphatic heterocycles. The molecular weight excluding hydrogens is 524 g/mol. The van der Waals surface area contributed by atoms with Crippen molar-refractivity contribution in [2.45, 2.75) is 95.1 Å². The molecule has 4 fully saturated rings. The van der Waals surface area contributed by atoms with Crippen molar-refractivity contribution in [3.63, 3.8) is 0 Å². The summed E-state index contributed by atoms with van der Waals surface area (Å²) in [6.45, 7) is 10.6. The number of amides is 4. The van der Waals surface area contributed by atoms with E-state index in [0.29, 0.717) is 25.9 Å². The minimum absolute atomic E-state index is 0.00712. The molecule has 218 valence electrons. The highest BCUT2D eigenvalue weighted by molar-refractivity contribution is 7.91. The van der Waals surface area contributed by atoms with E-state index in [-0.39, 0.29) is 31.7 Å². The normalized spacial score (nSPS) is 29.9. The van der Waals surface area contributed by atoms with Gasteiger partial charge in [-0.1, -0.05) is 26.8 Å². The fourth-order valence-electron chi connectivity index (χ4n) is 5.74. The third-order valence-electron chi connectivity index (χ3n) is 8.54. The Morgan fingerprint density at radius 2 is 1.77 bits per heavy atom. The highest BCUT2D eigenvalue weighted by Crippen LogP contribution is 2.45. The van der Waals surface area contributed by atoms with Crippen molar-refractivity contribution in [1.29, 1.82) is 0 Å². The standard InChI is InChI=1S/C27H42N4O7S/c1-5-17-15-27(17,25(36)29-39(37,38)19-9-10-19)28-23(34)21-13-18(32)16-31(21)24(35)20(26(2,3)4)14-22(33)30-11-7-6-8-12-30/h5,17-21,32H,1,6-16H2,2-4H3,(H,28,34)(H,29,36)/t17?,18-,20-,21+,27-/m1/s1. The molecule has 4 amide bonds. The Hall–Kier alpha value is -2.47. The van der Waals surface area contributed by atoms with Crippen molar-refractivity contribution < 1.29 is 32.7 Å². The maximum absolute atomic E-state index is 13.9. The number of aliphatic hydroxyl groups is 1. The van der Waals surface area contributed by atoms with Crippen LogP contribution in [-0.4, -0.2) is 89.5 Å². The smallest absolute Gasteiger partial charge is 0.259 e. The van der Waals surface area contributed by atoms with Gasteiger partial charge in [-0.3, -0.25) is 23.9 Å². The van der Waals surface area contributed by atoms with Crippen LogP contribution in [0.1, 0.15) is 72.1 Å². The molecule has 4 rings (SSSR count). The molecule has 0 spiro atoms. The fourth-order valence-corrected chi connectivity index (χ4v) is 7.10. The first-order valence-electron chi connectivity index (χ1n) is 14.0. The number of carbonyl (C=O) groups excluding carboxylic acids is 4. The molecule has 2 aliphatic carbocycles. The Kier molecular flexibility index (Phi) is 8.20. The first-order chi connectivity index (χ1) is 18.2. The van der Waals surface area contributed by atoms with Gasteiger partial charge in [-0.25, -0.2) is 8.42 Å². The van der Waals surface area contributed by atoms with Gasteiger partial charge in [0.15, 0.2) is 0 Å². The number of likely N-dealkylation sites (tertiary alicyclic amines) is 2. The number of nitrogens with zero attached hydrogens (tertiary/aromatic N) is 2. The molecule has 3 N–H and O–H groups in total. The Labute approximate surface area is 230 Å². The van der Waals surface area contributed by atoms with Crippen LogP contribution in [0.15, 0.2) is 12.7 Å². The lowest BCUT2D eigenvalue weighted by Gasteiger charge is -2.36. The van der Waals surface area contributed by atoms with Gasteiger partial charge in [0.05, 0.1) is 17.3 Å². The number of carbonyl (C=O) groups is 4. The van der Waals surface area contributed by atoms with Crippen molar-refractivity contribution in [2.24, 2.45) is 17.3 Å². The molecule has 0 aromatic carbocycles. The highest BCUT2D eigenvalue weighted by atomic mass is 32.2. The molecule has 2 heterocycles. The number of β-amino-alcohol motifs (C(OH)–C–C–N with tert-alkyl or cyclic N) is 1. The van der Waals surface area contributed by atoms with Gasteiger partial charge in [-0.05, 0) is 43.9 Å². The lowest BCUT2D eigenvalue weighted by molar-refractivity contribution is -0.148. The van der Waals surface area contributed by atoms with Gasteiger partial charge in [-0.2, -0.15) is 0 Å². The summed E-state index contributed by atoms with van der Waals surface area (Å²) in [6, 6.07) is -1.06. The van der Waals surface area contributed by atoms with Crippen LogP contribution < -0.4 is 10.0 Å². The molecule has 12 heteroatoms. The predicted molar refractivity (Wildman–Crippen MR) is 143 cm³/mol. The summed E-state index contributed by atoms with van der Waals surface area (Å²) >= 11 is 0. The molecular formula is C27H42N4O7S. The number of hydrogen-bond donors (Lipinski definition) is 3. The number of rotatable bonds is 9. The van der Waals surface area contributed by atoms with E-state index in [1.54, 1.807) is 4.90 Å². The second-order valence-electron chi connectivity index (χ2n) is 12.6. The Morgan fingerprint density at radius 1 is 1.13 bits per heavy atom. The fraction of sp³-hybridized carbons (Fsp3) is 0.778. The van der Waals surface area contributed by atoms with E-state index in [1.165, 1.54) is 11.0 Å². The van der Waals surface area contributed by atoms with Gasteiger partial charge >= 0.3 is 0 Å². The van der Waals surface area contributed by atoms with E-state index in [0.717, 1.165) is 19.3 Å². The Bertz CT molecular complexity index is 1120. The van der Waals surface area contributed by atoms with Gasteiger partial charge < -0.3 is 20.2 Å². The zero-order valence-electron chi connectivity index (χ0n) is 23.1. The van der Waals surface area contributed by atoms with E-state index in [4.69, 9.17) is 0 Å². The van der Waals surface area contributed by atoms with Crippen LogP contribution in [0, 0.1) is 17.3 Å². The number of aliphatic hydroxyl groups excluding tert-OH is 1. The largest absolute Gasteiger partial charge is 0.391 e. The second-order valence-corrected chi connectivity index (χ2v) is 14.6. The van der Waals surface area contributed by atoms with Gasteiger partial charge in [0.25, 0.3) is 5.91 Å². The molecule has 1 unspecified atom stereocenters. The minimum Gasteiger partial charge on any atom is -0.391 e. The molecule has 11 nitrogen and oxygen atoms in total. The topological polar surface area (TPSA) is 153 Å². The molecule has 0 radical (unpaired) electrons. The highest BCUT2D eigenvalue weighted by Gasteiger charge is 2.62. The number of nitrogens with one attached hydrogen (secondary N) is 2. The molecule has 4 aliphatic rings. The first kappa shape index (κ1) is 29.5. The number of piperidine rings is 1. The third-order valence-corrected chi connectivity index (χ3v) is 10.4. The summed E-state index contributed by atoms with van der Waals surface area (Å²) in [4.78, 5) is 56.6. The lowest BCUT2D eigenvalue weighted by atomic mass is 9.77. The minimum atomic E-state index is -3.82. The predicted octanol–water partition coefficient (Wildman–Crippen LogP) is 0.682. The van der Waals surface area contributed by atoms with E-state index in [2.05, 4.69) is 16.6 Å². The molecule has 2 saturated heterocycles. The van der Waals surface area contributed by atoms with Crippen LogP contribution in [0.4, 0.5) is 0 Å². The summed E-state index contributed by atoms with van der Waals surface area (Å²) in [7, 11) is -3.82. The van der Waals surface area contributed by atoms with Crippen molar-refractivity contribution >= 4 is 33.7 Å². The van der Waals surface area contributed by atoms with Gasteiger partial charge in [0, 0.05) is 38.4 Å². The Balaban J connectivity index is 1.49. The lowest BCUT2D eigenvalue weighted by Crippen LogP contribution is -2.57. The maximum atomic E-state index is 13.9. The molecule has 0 aromatic rings. The second kappa shape index (κ2) is 10.8. The summed E-state index contributed by atoms with van der Waals surface area (Å²) in [5.74, 6) is -3.12. The molecule has 0 bridgehead atoms. The van der Waals surface area contributed by atoms with Gasteiger partial charge in [-0.15, -0.1) is 6.58 Å². The van der Waals surface area contributed by atoms with Gasteiger partial charge in [0.2, 0.25) is 27.7 Å². The summed E-state index contributed by atoms with van der Waals surface area (Å²) in [6.07, 6.45) is 4.64. The van der Waals surface area contributed by atoms with Crippen molar-refractivity contribution in [2.75, 3.05) is 19.6 Å². The van der Waals surface area contributed by atoms with Crippen molar-refractivity contribution in [3.8, 4) is 0 Å². The van der Waals surface area contributed by atoms with Gasteiger partial charge in [0.1, 0.15) is 11.6 Å².